The molecule has 8 rings (SSSR count). The number of urea groups is 1. The van der Waals surface area contributed by atoms with Crippen LogP contribution < -0.4 is 5.32 Å². The molecule has 0 spiro atoms. The first-order valence-corrected chi connectivity index (χ1v) is 20.6. The molecule has 4 aliphatic rings. The molecule has 2 fully saturated rings. The predicted molar refractivity (Wildman–Crippen MR) is 223 cm³/mol. The highest BCUT2D eigenvalue weighted by molar-refractivity contribution is 6.13. The van der Waals surface area contributed by atoms with Crippen molar-refractivity contribution in [2.24, 2.45) is 5.41 Å². The van der Waals surface area contributed by atoms with E-state index in [1.165, 1.54) is 5.57 Å². The fraction of sp³-hybridized carbons (Fsp3) is 0.429. The number of rotatable bonds is 9. The Hall–Kier alpha value is -4.56. The van der Waals surface area contributed by atoms with E-state index in [-0.39, 0.29) is 36.4 Å². The van der Waals surface area contributed by atoms with Crippen molar-refractivity contribution in [2.45, 2.75) is 108 Å². The maximum Gasteiger partial charge on any atom is 0.318 e. The zero-order chi connectivity index (χ0) is 39.3. The van der Waals surface area contributed by atoms with Crippen molar-refractivity contribution in [2.75, 3.05) is 19.7 Å². The van der Waals surface area contributed by atoms with E-state index in [1.807, 2.05) is 97.9 Å². The summed E-state index contributed by atoms with van der Waals surface area (Å²) < 4.78 is 6.06. The van der Waals surface area contributed by atoms with Gasteiger partial charge in [0.05, 0.1) is 30.4 Å². The summed E-state index contributed by atoms with van der Waals surface area (Å²) in [6, 6.07) is 33.4. The fourth-order valence-electron chi connectivity index (χ4n) is 9.56. The van der Waals surface area contributed by atoms with Crippen LogP contribution in [0.25, 0.3) is 11.1 Å². The monoisotopic (exact) mass is 754 g/mol. The Kier molecular flexibility index (Phi) is 12.2. The number of aliphatic hydroxyl groups excluding tert-OH is 1. The van der Waals surface area contributed by atoms with Crippen molar-refractivity contribution >= 4 is 11.8 Å². The SMILES string of the molecule is CC1=CCC[C@@]2(C)[C@@H](CC[C@@]2(O)CN(C[C@H]2CCCO2)C(=O)N[C@H](C)c2ccccc2)c2ccc(cc2C(=O)c2ccccc2-c2ccccc2)C[C@@H](O)CC1. The number of nitrogens with zero attached hydrogens (tertiary/aromatic N) is 1. The van der Waals surface area contributed by atoms with Gasteiger partial charge in [0.15, 0.2) is 5.78 Å². The van der Waals surface area contributed by atoms with E-state index in [0.29, 0.717) is 56.4 Å². The van der Waals surface area contributed by atoms with Gasteiger partial charge < -0.3 is 25.2 Å². The molecule has 3 aliphatic carbocycles. The van der Waals surface area contributed by atoms with Gasteiger partial charge in [-0.2, -0.15) is 0 Å². The molecule has 1 aliphatic heterocycles. The molecule has 2 bridgehead atoms. The Morgan fingerprint density at radius 1 is 0.911 bits per heavy atom. The summed E-state index contributed by atoms with van der Waals surface area (Å²) >= 11 is 0. The first kappa shape index (κ1) is 39.7. The average Bonchev–Trinajstić information content (AvgIpc) is 3.82. The van der Waals surface area contributed by atoms with Gasteiger partial charge in [0.25, 0.3) is 0 Å². The highest BCUT2D eigenvalue weighted by atomic mass is 16.5. The number of ether oxygens (including phenoxy) is 1. The third kappa shape index (κ3) is 8.56. The first-order valence-electron chi connectivity index (χ1n) is 20.6. The number of nitrogens with one attached hydrogen (secondary N) is 1. The minimum absolute atomic E-state index is 0.0642. The third-order valence-electron chi connectivity index (χ3n) is 13.0. The molecule has 1 saturated heterocycles. The molecule has 0 aromatic heterocycles. The van der Waals surface area contributed by atoms with Gasteiger partial charge in [-0.25, -0.2) is 4.79 Å². The van der Waals surface area contributed by atoms with Crippen molar-refractivity contribution in [3.63, 3.8) is 0 Å². The Morgan fingerprint density at radius 2 is 1.64 bits per heavy atom. The van der Waals surface area contributed by atoms with Crippen LogP contribution in [0.3, 0.4) is 0 Å². The maximum atomic E-state index is 15.0. The van der Waals surface area contributed by atoms with Crippen molar-refractivity contribution in [3.05, 3.63) is 143 Å². The van der Waals surface area contributed by atoms with Gasteiger partial charge in [-0.3, -0.25) is 4.79 Å². The molecule has 56 heavy (non-hydrogen) atoms. The number of carbonyl (C=O) groups excluding carboxylic acids is 2. The Balaban J connectivity index is 1.28. The smallest absolute Gasteiger partial charge is 0.318 e. The number of carbonyl (C=O) groups is 2. The Bertz CT molecular complexity index is 2010. The number of ketones is 1. The standard InChI is InChI=1S/C49H58N2O5/c1-34-14-12-27-48(3)45(26-28-49(48,55)33-51(32-40-19-13-29-56-40)47(54)50-35(2)37-15-6-4-7-16-37)42-25-23-36(30-39(52)24-22-34)31-44(42)46(53)43-21-11-10-20-41(43)38-17-8-5-9-18-38/h4-11,14-18,20-21,23,25,31,35,39-40,45,52,55H,12-13,19,22,24,26-30,32-33H2,1-3H3,(H,50,54)/t35-,39+,40-,45+,48+,49-/m1/s1. The van der Waals surface area contributed by atoms with E-state index >= 15 is 4.79 Å². The molecule has 1 heterocycles. The third-order valence-corrected chi connectivity index (χ3v) is 13.0. The summed E-state index contributed by atoms with van der Waals surface area (Å²) in [6.07, 6.45) is 7.85. The number of benzene rings is 4. The maximum absolute atomic E-state index is 15.0. The second-order valence-corrected chi connectivity index (χ2v) is 16.8. The quantitative estimate of drug-likeness (QED) is 0.117. The molecule has 4 aromatic rings. The van der Waals surface area contributed by atoms with Crippen LogP contribution in [0.1, 0.15) is 117 Å². The number of fused-ring (bicyclic) bond motifs is 8. The Morgan fingerprint density at radius 3 is 2.39 bits per heavy atom. The molecule has 3 N–H and O–H groups in total. The summed E-state index contributed by atoms with van der Waals surface area (Å²) in [6.45, 7) is 7.51. The van der Waals surface area contributed by atoms with Crippen molar-refractivity contribution in [1.82, 2.24) is 10.2 Å². The molecule has 1 saturated carbocycles. The van der Waals surface area contributed by atoms with Crippen LogP contribution >= 0.6 is 0 Å². The van der Waals surface area contributed by atoms with E-state index < -0.39 is 17.1 Å². The van der Waals surface area contributed by atoms with E-state index in [9.17, 15) is 15.0 Å². The van der Waals surface area contributed by atoms with Crippen molar-refractivity contribution < 1.29 is 24.5 Å². The second-order valence-electron chi connectivity index (χ2n) is 16.8. The summed E-state index contributed by atoms with van der Waals surface area (Å²) in [7, 11) is 0. The lowest BCUT2D eigenvalue weighted by Gasteiger charge is -2.46. The molecule has 7 nitrogen and oxygen atoms in total. The van der Waals surface area contributed by atoms with Gasteiger partial charge in [0, 0.05) is 29.7 Å². The summed E-state index contributed by atoms with van der Waals surface area (Å²) in [5, 5.41) is 27.5. The lowest BCUT2D eigenvalue weighted by molar-refractivity contribution is -0.0808. The molecule has 2 amide bonds. The molecule has 0 unspecified atom stereocenters. The molecule has 0 radical (unpaired) electrons. The minimum Gasteiger partial charge on any atom is -0.393 e. The zero-order valence-corrected chi connectivity index (χ0v) is 33.3. The van der Waals surface area contributed by atoms with Crippen LogP contribution in [0.4, 0.5) is 4.79 Å². The Labute approximate surface area is 332 Å². The van der Waals surface area contributed by atoms with E-state index in [4.69, 9.17) is 4.74 Å². The highest BCUT2D eigenvalue weighted by Gasteiger charge is 2.58. The summed E-state index contributed by atoms with van der Waals surface area (Å²) in [4.78, 5) is 31.1. The lowest BCUT2D eigenvalue weighted by Crippen LogP contribution is -2.56. The van der Waals surface area contributed by atoms with E-state index in [1.54, 1.807) is 4.90 Å². The van der Waals surface area contributed by atoms with E-state index in [0.717, 1.165) is 53.5 Å². The van der Waals surface area contributed by atoms with Crippen molar-refractivity contribution in [1.29, 1.82) is 0 Å². The largest absolute Gasteiger partial charge is 0.393 e. The van der Waals surface area contributed by atoms with Crippen LogP contribution in [-0.2, 0) is 11.2 Å². The van der Waals surface area contributed by atoms with Crippen LogP contribution in [0.5, 0.6) is 0 Å². The van der Waals surface area contributed by atoms with Crippen molar-refractivity contribution in [3.8, 4) is 11.1 Å². The van der Waals surface area contributed by atoms with Gasteiger partial charge in [0.1, 0.15) is 0 Å². The summed E-state index contributed by atoms with van der Waals surface area (Å²) in [5.41, 5.74) is 5.22. The second kappa shape index (κ2) is 17.3. The normalized spacial score (nSPS) is 25.8. The van der Waals surface area contributed by atoms with Gasteiger partial charge in [0.2, 0.25) is 0 Å². The average molecular weight is 755 g/mol. The van der Waals surface area contributed by atoms with Gasteiger partial charge in [-0.05, 0) is 111 Å². The van der Waals surface area contributed by atoms with Gasteiger partial charge >= 0.3 is 6.03 Å². The lowest BCUT2D eigenvalue weighted by atomic mass is 9.64. The first-order chi connectivity index (χ1) is 27.0. The highest BCUT2D eigenvalue weighted by Crippen LogP contribution is 2.59. The summed E-state index contributed by atoms with van der Waals surface area (Å²) in [5.74, 6) is -0.229. The van der Waals surface area contributed by atoms with Crippen LogP contribution in [0, 0.1) is 5.41 Å². The molecule has 6 atom stereocenters. The molecule has 7 heteroatoms. The van der Waals surface area contributed by atoms with Gasteiger partial charge in [-0.15, -0.1) is 0 Å². The zero-order valence-electron chi connectivity index (χ0n) is 33.3. The molecular weight excluding hydrogens is 697 g/mol. The van der Waals surface area contributed by atoms with E-state index in [2.05, 4.69) is 37.4 Å². The molecule has 294 valence electrons. The number of hydrogen-bond donors (Lipinski definition) is 3. The van der Waals surface area contributed by atoms with Gasteiger partial charge in [-0.1, -0.05) is 116 Å². The number of allylic oxidation sites excluding steroid dienone is 2. The minimum atomic E-state index is -1.25. The predicted octanol–water partition coefficient (Wildman–Crippen LogP) is 9.57. The number of hydrogen-bond acceptors (Lipinski definition) is 5. The topological polar surface area (TPSA) is 99.1 Å². The number of aliphatic hydroxyl groups is 2. The fourth-order valence-corrected chi connectivity index (χ4v) is 9.56. The van der Waals surface area contributed by atoms with Crippen LogP contribution in [0.15, 0.2) is 115 Å². The van der Waals surface area contributed by atoms with Crippen LogP contribution in [0.2, 0.25) is 0 Å². The molecule has 4 aromatic carbocycles. The number of amides is 2. The molecular formula is C49H58N2O5. The van der Waals surface area contributed by atoms with Crippen LogP contribution in [-0.4, -0.2) is 64.4 Å².